The maximum atomic E-state index is 12.2. The van der Waals surface area contributed by atoms with Crippen LogP contribution in [0.2, 0.25) is 0 Å². The number of hydrogen-bond acceptors (Lipinski definition) is 6. The number of aromatic nitrogens is 3. The number of benzene rings is 2. The van der Waals surface area contributed by atoms with Crippen molar-refractivity contribution < 1.29 is 9.21 Å². The van der Waals surface area contributed by atoms with Crippen molar-refractivity contribution in [3.63, 3.8) is 0 Å². The van der Waals surface area contributed by atoms with Crippen LogP contribution in [0.15, 0.2) is 58.3 Å². The Labute approximate surface area is 190 Å². The van der Waals surface area contributed by atoms with E-state index in [2.05, 4.69) is 26.6 Å². The number of aryl methyl sites for hydroxylation is 2. The van der Waals surface area contributed by atoms with Gasteiger partial charge in [-0.15, -0.1) is 22.6 Å². The molecular formula is C22H24ClN5O2S. The first-order valence-electron chi connectivity index (χ1n) is 9.63. The van der Waals surface area contributed by atoms with Crippen molar-refractivity contribution in [2.75, 3.05) is 11.1 Å². The van der Waals surface area contributed by atoms with Crippen molar-refractivity contribution in [1.29, 1.82) is 0 Å². The van der Waals surface area contributed by atoms with Crippen LogP contribution in [0.25, 0.3) is 10.9 Å². The summed E-state index contributed by atoms with van der Waals surface area (Å²) >= 11 is 1.19. The third-order valence-corrected chi connectivity index (χ3v) is 5.66. The molecule has 0 radical (unpaired) electrons. The molecule has 1 amide bonds. The number of amides is 1. The van der Waals surface area contributed by atoms with Crippen molar-refractivity contribution in [2.24, 2.45) is 5.73 Å². The molecule has 2 aromatic heterocycles. The molecule has 2 heterocycles. The molecule has 0 aliphatic rings. The number of halogens is 1. The minimum Gasteiger partial charge on any atom is -0.414 e. The lowest BCUT2D eigenvalue weighted by Crippen LogP contribution is -2.14. The second kappa shape index (κ2) is 10.00. The van der Waals surface area contributed by atoms with Gasteiger partial charge < -0.3 is 20.5 Å². The number of rotatable bonds is 7. The Morgan fingerprint density at radius 2 is 2.03 bits per heavy atom. The Bertz CT molecular complexity index is 1190. The van der Waals surface area contributed by atoms with Gasteiger partial charge in [0, 0.05) is 22.8 Å². The first-order valence-corrected chi connectivity index (χ1v) is 10.6. The highest BCUT2D eigenvalue weighted by Gasteiger charge is 2.18. The number of hydrogen-bond donors (Lipinski definition) is 3. The van der Waals surface area contributed by atoms with E-state index in [1.54, 1.807) is 0 Å². The van der Waals surface area contributed by atoms with Crippen LogP contribution in [0.3, 0.4) is 0 Å². The summed E-state index contributed by atoms with van der Waals surface area (Å²) in [7, 11) is 0. The van der Waals surface area contributed by atoms with E-state index >= 15 is 0 Å². The molecular weight excluding hydrogens is 434 g/mol. The predicted molar refractivity (Wildman–Crippen MR) is 126 cm³/mol. The minimum atomic E-state index is -0.421. The minimum absolute atomic E-state index is 0. The Morgan fingerprint density at radius 1 is 1.23 bits per heavy atom. The molecule has 0 unspecified atom stereocenters. The smallest absolute Gasteiger partial charge is 0.277 e. The van der Waals surface area contributed by atoms with Gasteiger partial charge in [-0.25, -0.2) is 0 Å². The number of H-pyrrole nitrogens is 1. The van der Waals surface area contributed by atoms with Crippen LogP contribution in [0.1, 0.15) is 28.6 Å². The molecule has 1 atom stereocenters. The number of para-hydroxylation sites is 1. The summed E-state index contributed by atoms with van der Waals surface area (Å²) in [5, 5.41) is 12.4. The highest BCUT2D eigenvalue weighted by atomic mass is 35.5. The van der Waals surface area contributed by atoms with Crippen LogP contribution in [0, 0.1) is 13.8 Å². The number of nitrogens with two attached hydrogens (primary N) is 1. The van der Waals surface area contributed by atoms with Crippen LogP contribution < -0.4 is 11.1 Å². The number of carbonyl (C=O) groups is 1. The maximum Gasteiger partial charge on any atom is 0.277 e. The van der Waals surface area contributed by atoms with Gasteiger partial charge >= 0.3 is 0 Å². The fraction of sp³-hybridized carbons (Fsp3) is 0.227. The quantitative estimate of drug-likeness (QED) is 0.351. The molecule has 4 N–H and O–H groups in total. The molecule has 2 aromatic carbocycles. The number of aromatic amines is 1. The molecule has 0 saturated heterocycles. The monoisotopic (exact) mass is 457 g/mol. The van der Waals surface area contributed by atoms with Crippen molar-refractivity contribution >= 4 is 46.7 Å². The van der Waals surface area contributed by atoms with Gasteiger partial charge in [0.2, 0.25) is 11.8 Å². The zero-order chi connectivity index (χ0) is 21.1. The Kier molecular flexibility index (Phi) is 7.37. The van der Waals surface area contributed by atoms with E-state index in [0.717, 1.165) is 33.3 Å². The van der Waals surface area contributed by atoms with E-state index in [4.69, 9.17) is 10.2 Å². The van der Waals surface area contributed by atoms with Gasteiger partial charge in [0.1, 0.15) is 0 Å². The molecule has 4 aromatic rings. The Morgan fingerprint density at radius 3 is 2.84 bits per heavy atom. The first-order chi connectivity index (χ1) is 14.5. The van der Waals surface area contributed by atoms with Gasteiger partial charge in [-0.05, 0) is 43.5 Å². The summed E-state index contributed by atoms with van der Waals surface area (Å²) in [5.41, 5.74) is 11.4. The van der Waals surface area contributed by atoms with Crippen molar-refractivity contribution in [3.8, 4) is 0 Å². The van der Waals surface area contributed by atoms with E-state index in [-0.39, 0.29) is 24.1 Å². The lowest BCUT2D eigenvalue weighted by atomic mass is 10.1. The van der Waals surface area contributed by atoms with Crippen molar-refractivity contribution in [1.82, 2.24) is 15.2 Å². The van der Waals surface area contributed by atoms with E-state index in [0.29, 0.717) is 17.5 Å². The molecule has 0 bridgehead atoms. The van der Waals surface area contributed by atoms with Crippen LogP contribution in [-0.4, -0.2) is 26.8 Å². The summed E-state index contributed by atoms with van der Waals surface area (Å²) in [6.07, 6.45) is 2.53. The third-order valence-electron chi connectivity index (χ3n) is 4.84. The van der Waals surface area contributed by atoms with Crippen LogP contribution >= 0.6 is 24.2 Å². The largest absolute Gasteiger partial charge is 0.414 e. The van der Waals surface area contributed by atoms with Crippen LogP contribution in [0.5, 0.6) is 0 Å². The number of fused-ring (bicyclic) bond motifs is 1. The van der Waals surface area contributed by atoms with E-state index in [9.17, 15) is 4.79 Å². The highest BCUT2D eigenvalue weighted by Crippen LogP contribution is 2.25. The molecule has 0 fully saturated rings. The number of nitrogens with zero attached hydrogens (tertiary/aromatic N) is 2. The lowest BCUT2D eigenvalue weighted by molar-refractivity contribution is -0.113. The second-order valence-corrected chi connectivity index (χ2v) is 8.16. The topological polar surface area (TPSA) is 110 Å². The molecule has 7 nitrogen and oxygen atoms in total. The maximum absolute atomic E-state index is 12.2. The van der Waals surface area contributed by atoms with Gasteiger partial charge in [0.25, 0.3) is 5.22 Å². The number of carbonyl (C=O) groups excluding carboxylic acids is 1. The molecule has 0 saturated carbocycles. The molecule has 0 aliphatic heterocycles. The number of anilines is 1. The summed E-state index contributed by atoms with van der Waals surface area (Å²) in [6, 6.07) is 13.5. The van der Waals surface area contributed by atoms with Gasteiger partial charge in [-0.2, -0.15) is 0 Å². The Hall–Kier alpha value is -2.81. The first kappa shape index (κ1) is 22.9. The van der Waals surface area contributed by atoms with Crippen LogP contribution in [-0.2, 0) is 11.2 Å². The van der Waals surface area contributed by atoms with Crippen LogP contribution in [0.4, 0.5) is 5.69 Å². The van der Waals surface area contributed by atoms with Gasteiger partial charge in [0.05, 0.1) is 11.8 Å². The van der Waals surface area contributed by atoms with E-state index < -0.39 is 6.04 Å². The second-order valence-electron chi connectivity index (χ2n) is 7.23. The standard InChI is InChI=1S/C22H23N5O2S.ClH/c1-13-7-8-18(14(2)9-13)25-20(28)12-30-22-27-26-21(29-22)17(23)10-15-11-24-19-6-4-3-5-16(15)19;/h3-9,11,17,24H,10,12,23H2,1-2H3,(H,25,28);1H/t17-;/m0./s1. The highest BCUT2D eigenvalue weighted by molar-refractivity contribution is 7.99. The summed E-state index contributed by atoms with van der Waals surface area (Å²) < 4.78 is 5.67. The van der Waals surface area contributed by atoms with Gasteiger partial charge in [-0.1, -0.05) is 47.7 Å². The normalized spacial score (nSPS) is 11.8. The molecule has 0 spiro atoms. The van der Waals surface area contributed by atoms with Crippen molar-refractivity contribution in [3.05, 3.63) is 71.2 Å². The van der Waals surface area contributed by atoms with Gasteiger partial charge in [0.15, 0.2) is 0 Å². The summed E-state index contributed by atoms with van der Waals surface area (Å²) in [6.45, 7) is 3.99. The summed E-state index contributed by atoms with van der Waals surface area (Å²) in [5.74, 6) is 0.402. The predicted octanol–water partition coefficient (Wildman–Crippen LogP) is 4.56. The number of nitrogens with one attached hydrogen (secondary N) is 2. The van der Waals surface area contributed by atoms with Crippen molar-refractivity contribution in [2.45, 2.75) is 31.5 Å². The molecule has 4 rings (SSSR count). The van der Waals surface area contributed by atoms with E-state index in [1.807, 2.05) is 56.4 Å². The third kappa shape index (κ3) is 5.46. The molecule has 9 heteroatoms. The lowest BCUT2D eigenvalue weighted by Gasteiger charge is -2.08. The molecule has 162 valence electrons. The van der Waals surface area contributed by atoms with E-state index in [1.165, 1.54) is 11.8 Å². The summed E-state index contributed by atoms with van der Waals surface area (Å²) in [4.78, 5) is 15.5. The fourth-order valence-electron chi connectivity index (χ4n) is 3.32. The number of thioether (sulfide) groups is 1. The average Bonchev–Trinajstić information content (AvgIpc) is 3.36. The molecule has 31 heavy (non-hydrogen) atoms. The Balaban J connectivity index is 0.00000272. The fourth-order valence-corrected chi connectivity index (χ4v) is 3.89. The zero-order valence-electron chi connectivity index (χ0n) is 17.2. The zero-order valence-corrected chi connectivity index (χ0v) is 18.8. The SMILES string of the molecule is Cc1ccc(NC(=O)CSc2nnc([C@@H](N)Cc3c[nH]c4ccccc34)o2)c(C)c1.Cl. The van der Waals surface area contributed by atoms with Gasteiger partial charge in [-0.3, -0.25) is 4.79 Å². The average molecular weight is 458 g/mol. The molecule has 0 aliphatic carbocycles.